The molecule has 0 aliphatic heterocycles. The zero-order chi connectivity index (χ0) is 7.56. The van der Waals surface area contributed by atoms with Gasteiger partial charge in [0.05, 0.1) is 4.47 Å². The lowest BCUT2D eigenvalue weighted by molar-refractivity contribution is 0.578. The molecule has 0 bridgehead atoms. The second-order valence-electron chi connectivity index (χ2n) is 1.61. The molecule has 1 rings (SSSR count). The van der Waals surface area contributed by atoms with Crippen LogP contribution in [0.25, 0.3) is 0 Å². The molecule has 0 radical (unpaired) electrons. The van der Waals surface area contributed by atoms with Crippen LogP contribution in [0.4, 0.5) is 10.2 Å². The number of hydrazine groups is 1. The zero-order valence-corrected chi connectivity index (χ0v) is 6.52. The Morgan fingerprint density at radius 1 is 1.60 bits per heavy atom. The molecule has 0 fully saturated rings. The molecule has 54 valence electrons. The zero-order valence-electron chi connectivity index (χ0n) is 4.94. The molecule has 10 heavy (non-hydrogen) atoms. The maximum absolute atomic E-state index is 12.5. The van der Waals surface area contributed by atoms with Crippen molar-refractivity contribution in [2.24, 2.45) is 5.84 Å². The summed E-state index contributed by atoms with van der Waals surface area (Å²) >= 11 is 2.95. The van der Waals surface area contributed by atoms with E-state index in [-0.39, 0.29) is 0 Å². The number of hydrogen-bond acceptors (Lipinski definition) is 3. The van der Waals surface area contributed by atoms with Gasteiger partial charge in [0.25, 0.3) is 0 Å². The van der Waals surface area contributed by atoms with Crippen LogP contribution in [0.1, 0.15) is 0 Å². The molecule has 0 spiro atoms. The van der Waals surface area contributed by atoms with E-state index in [2.05, 4.69) is 26.3 Å². The predicted octanol–water partition coefficient (Wildman–Crippen LogP) is 1.27. The highest BCUT2D eigenvalue weighted by Gasteiger charge is 1.99. The Morgan fingerprint density at radius 3 is 2.80 bits per heavy atom. The quantitative estimate of drug-likeness (QED) is 0.413. The molecule has 3 N–H and O–H groups in total. The number of nitrogens with two attached hydrogens (primary N) is 1. The van der Waals surface area contributed by atoms with E-state index in [9.17, 15) is 4.39 Å². The summed E-state index contributed by atoms with van der Waals surface area (Å²) in [6.07, 6.45) is 0. The van der Waals surface area contributed by atoms with Crippen LogP contribution in [0.2, 0.25) is 0 Å². The molecule has 3 nitrogen and oxygen atoms in total. The van der Waals surface area contributed by atoms with Crippen molar-refractivity contribution >= 4 is 21.7 Å². The Kier molecular flexibility index (Phi) is 2.18. The fraction of sp³-hybridized carbons (Fsp3) is 0. The van der Waals surface area contributed by atoms with Gasteiger partial charge in [-0.2, -0.15) is 4.39 Å². The molecule has 0 unspecified atom stereocenters. The number of nitrogens with zero attached hydrogens (tertiary/aromatic N) is 1. The average Bonchev–Trinajstić information content (AvgIpc) is 1.95. The molecule has 1 aromatic rings. The fourth-order valence-corrected chi connectivity index (χ4v) is 0.719. The van der Waals surface area contributed by atoms with Gasteiger partial charge in [-0.05, 0) is 28.1 Å². The van der Waals surface area contributed by atoms with Crippen molar-refractivity contribution in [3.8, 4) is 0 Å². The second kappa shape index (κ2) is 2.94. The second-order valence-corrected chi connectivity index (χ2v) is 2.47. The van der Waals surface area contributed by atoms with Crippen LogP contribution in [0.3, 0.4) is 0 Å². The van der Waals surface area contributed by atoms with Crippen molar-refractivity contribution in [3.63, 3.8) is 0 Å². The fourth-order valence-electron chi connectivity index (χ4n) is 0.498. The van der Waals surface area contributed by atoms with E-state index in [1.165, 1.54) is 6.07 Å². The lowest BCUT2D eigenvalue weighted by Crippen LogP contribution is -2.08. The van der Waals surface area contributed by atoms with Gasteiger partial charge in [-0.25, -0.2) is 10.8 Å². The number of pyridine rings is 1. The number of rotatable bonds is 1. The normalized spacial score (nSPS) is 9.50. The average molecular weight is 206 g/mol. The SMILES string of the molecule is NNc1ccc(Br)c(F)n1. The molecule has 0 atom stereocenters. The molecule has 1 aromatic heterocycles. The van der Waals surface area contributed by atoms with Gasteiger partial charge in [-0.15, -0.1) is 0 Å². The lowest BCUT2D eigenvalue weighted by Gasteiger charge is -1.97. The van der Waals surface area contributed by atoms with E-state index in [1.54, 1.807) is 6.07 Å². The summed E-state index contributed by atoms with van der Waals surface area (Å²) in [6, 6.07) is 3.09. The monoisotopic (exact) mass is 205 g/mol. The topological polar surface area (TPSA) is 50.9 Å². The van der Waals surface area contributed by atoms with E-state index in [4.69, 9.17) is 5.84 Å². The Hall–Kier alpha value is -0.680. The number of halogens is 2. The van der Waals surface area contributed by atoms with Gasteiger partial charge in [0.2, 0.25) is 5.95 Å². The maximum Gasteiger partial charge on any atom is 0.229 e. The minimum atomic E-state index is -0.574. The maximum atomic E-state index is 12.5. The molecule has 0 saturated heterocycles. The Morgan fingerprint density at radius 2 is 2.30 bits per heavy atom. The third kappa shape index (κ3) is 1.43. The van der Waals surface area contributed by atoms with Gasteiger partial charge >= 0.3 is 0 Å². The Balaban J connectivity index is 3.04. The predicted molar refractivity (Wildman–Crippen MR) is 39.7 cm³/mol. The van der Waals surface area contributed by atoms with E-state index in [1.807, 2.05) is 0 Å². The lowest BCUT2D eigenvalue weighted by atomic mass is 10.5. The van der Waals surface area contributed by atoms with Crippen molar-refractivity contribution < 1.29 is 4.39 Å². The highest BCUT2D eigenvalue weighted by molar-refractivity contribution is 9.10. The summed E-state index contributed by atoms with van der Waals surface area (Å²) in [4.78, 5) is 3.44. The molecular formula is C5H5BrFN3. The first-order chi connectivity index (χ1) is 4.74. The van der Waals surface area contributed by atoms with Gasteiger partial charge < -0.3 is 5.43 Å². The van der Waals surface area contributed by atoms with Crippen LogP contribution in [0, 0.1) is 5.95 Å². The first kappa shape index (κ1) is 7.43. The summed E-state index contributed by atoms with van der Waals surface area (Å²) < 4.78 is 12.8. The molecule has 0 aliphatic carbocycles. The number of nitrogens with one attached hydrogen (secondary N) is 1. The highest BCUT2D eigenvalue weighted by Crippen LogP contribution is 2.14. The number of aromatic nitrogens is 1. The number of hydrogen-bond donors (Lipinski definition) is 2. The first-order valence-corrected chi connectivity index (χ1v) is 3.32. The van der Waals surface area contributed by atoms with Gasteiger partial charge in [-0.3, -0.25) is 0 Å². The highest BCUT2D eigenvalue weighted by atomic mass is 79.9. The number of nitrogen functional groups attached to an aromatic ring is 1. The van der Waals surface area contributed by atoms with Crippen molar-refractivity contribution in [3.05, 3.63) is 22.6 Å². The van der Waals surface area contributed by atoms with Crippen LogP contribution in [-0.2, 0) is 0 Å². The Labute approximate surface area is 65.5 Å². The summed E-state index contributed by atoms with van der Waals surface area (Å²) in [5.74, 6) is 4.71. The molecule has 0 amide bonds. The first-order valence-electron chi connectivity index (χ1n) is 2.52. The summed E-state index contributed by atoms with van der Waals surface area (Å²) in [5, 5.41) is 0. The summed E-state index contributed by atoms with van der Waals surface area (Å²) in [7, 11) is 0. The van der Waals surface area contributed by atoms with E-state index in [0.717, 1.165) is 0 Å². The third-order valence-corrected chi connectivity index (χ3v) is 1.54. The minimum absolute atomic E-state index is 0.306. The van der Waals surface area contributed by atoms with E-state index >= 15 is 0 Å². The molecule has 0 saturated carbocycles. The molecular weight excluding hydrogens is 201 g/mol. The van der Waals surface area contributed by atoms with Crippen molar-refractivity contribution in [1.29, 1.82) is 0 Å². The van der Waals surface area contributed by atoms with Crippen LogP contribution >= 0.6 is 15.9 Å². The van der Waals surface area contributed by atoms with Crippen molar-refractivity contribution in [1.82, 2.24) is 4.98 Å². The molecule has 1 heterocycles. The van der Waals surface area contributed by atoms with E-state index < -0.39 is 5.95 Å². The van der Waals surface area contributed by atoms with Gasteiger partial charge in [0, 0.05) is 0 Å². The summed E-state index contributed by atoms with van der Waals surface area (Å²) in [5.41, 5.74) is 2.22. The van der Waals surface area contributed by atoms with E-state index in [0.29, 0.717) is 10.3 Å². The van der Waals surface area contributed by atoms with Crippen LogP contribution in [0.15, 0.2) is 16.6 Å². The summed E-state index contributed by atoms with van der Waals surface area (Å²) in [6.45, 7) is 0. The van der Waals surface area contributed by atoms with Crippen molar-refractivity contribution in [2.75, 3.05) is 5.43 Å². The molecule has 0 aromatic carbocycles. The number of anilines is 1. The van der Waals surface area contributed by atoms with Crippen LogP contribution in [-0.4, -0.2) is 4.98 Å². The van der Waals surface area contributed by atoms with Gasteiger partial charge in [-0.1, -0.05) is 0 Å². The van der Waals surface area contributed by atoms with Crippen LogP contribution in [0.5, 0.6) is 0 Å². The third-order valence-electron chi connectivity index (χ3n) is 0.951. The van der Waals surface area contributed by atoms with Gasteiger partial charge in [0.15, 0.2) is 0 Å². The largest absolute Gasteiger partial charge is 0.308 e. The van der Waals surface area contributed by atoms with Crippen LogP contribution < -0.4 is 11.3 Å². The minimum Gasteiger partial charge on any atom is -0.308 e. The smallest absolute Gasteiger partial charge is 0.229 e. The molecule has 5 heteroatoms. The van der Waals surface area contributed by atoms with Gasteiger partial charge in [0.1, 0.15) is 5.82 Å². The standard InChI is InChI=1S/C5H5BrFN3/c6-3-1-2-4(10-8)9-5(3)7/h1-2H,8H2,(H,9,10). The Bertz CT molecular complexity index is 240. The molecule has 0 aliphatic rings. The van der Waals surface area contributed by atoms with Crippen molar-refractivity contribution in [2.45, 2.75) is 0 Å².